The van der Waals surface area contributed by atoms with Crippen molar-refractivity contribution in [2.24, 2.45) is 11.4 Å². The second kappa shape index (κ2) is 6.95. The van der Waals surface area contributed by atoms with Gasteiger partial charge in [-0.15, -0.1) is 0 Å². The minimum Gasteiger partial charge on any atom is -0.332 e. The zero-order valence-electron chi connectivity index (χ0n) is 13.5. The largest absolute Gasteiger partial charge is 0.332 e. The van der Waals surface area contributed by atoms with Crippen molar-refractivity contribution in [3.05, 3.63) is 53.7 Å². The number of benzene rings is 1. The van der Waals surface area contributed by atoms with Crippen molar-refractivity contribution >= 4 is 23.5 Å². The predicted octanol–water partition coefficient (Wildman–Crippen LogP) is 3.16. The molecular formula is C16H19FN4OS. The number of aromatic nitrogens is 2. The molecule has 0 aliphatic carbocycles. The molecule has 0 spiro atoms. The molecule has 0 unspecified atom stereocenters. The van der Waals surface area contributed by atoms with Gasteiger partial charge < -0.3 is 9.88 Å². The summed E-state index contributed by atoms with van der Waals surface area (Å²) in [5.41, 5.74) is 1.44. The molecule has 1 heterocycles. The fraction of sp³-hybridized carbons (Fsp3) is 0.312. The number of hydrogen-bond donors (Lipinski definition) is 1. The summed E-state index contributed by atoms with van der Waals surface area (Å²) in [6, 6.07) is 5.57. The van der Waals surface area contributed by atoms with E-state index in [-0.39, 0.29) is 22.2 Å². The summed E-state index contributed by atoms with van der Waals surface area (Å²) in [5.74, 6) is -0.711. The number of amides is 1. The highest BCUT2D eigenvalue weighted by Crippen LogP contribution is 2.23. The highest BCUT2D eigenvalue weighted by atomic mass is 32.2. The number of carbonyl (C=O) groups is 1. The number of hydrogen-bond acceptors (Lipinski definition) is 4. The third kappa shape index (κ3) is 5.21. The predicted molar refractivity (Wildman–Crippen MR) is 90.5 cm³/mol. The Morgan fingerprint density at radius 1 is 1.30 bits per heavy atom. The Kier molecular flexibility index (Phi) is 5.20. The number of anilines is 1. The van der Waals surface area contributed by atoms with Crippen molar-refractivity contribution in [3.8, 4) is 0 Å². The maximum Gasteiger partial charge on any atom is 0.275 e. The Bertz CT molecular complexity index is 763. The van der Waals surface area contributed by atoms with E-state index in [4.69, 9.17) is 0 Å². The third-order valence-electron chi connectivity index (χ3n) is 2.74. The number of halogens is 1. The summed E-state index contributed by atoms with van der Waals surface area (Å²) in [6.45, 7) is 6.21. The Morgan fingerprint density at radius 2 is 1.96 bits per heavy atom. The minimum absolute atomic E-state index is 0.00558. The first-order valence-electron chi connectivity index (χ1n) is 7.06. The summed E-state index contributed by atoms with van der Waals surface area (Å²) in [4.78, 5) is 16.3. The van der Waals surface area contributed by atoms with Crippen LogP contribution in [0.3, 0.4) is 0 Å². The van der Waals surface area contributed by atoms with Gasteiger partial charge in [-0.25, -0.2) is 9.37 Å². The van der Waals surface area contributed by atoms with Crippen molar-refractivity contribution in [2.75, 3.05) is 5.32 Å². The Hall–Kier alpha value is -2.15. The molecule has 122 valence electrons. The molecule has 7 heteroatoms. The molecule has 0 aliphatic rings. The molecule has 1 aromatic heterocycles. The van der Waals surface area contributed by atoms with Crippen LogP contribution in [0.4, 0.5) is 10.1 Å². The zero-order chi connectivity index (χ0) is 17.0. The van der Waals surface area contributed by atoms with Gasteiger partial charge >= 0.3 is 0 Å². The van der Waals surface area contributed by atoms with E-state index in [9.17, 15) is 9.18 Å². The van der Waals surface area contributed by atoms with Crippen molar-refractivity contribution in [1.29, 1.82) is 0 Å². The summed E-state index contributed by atoms with van der Waals surface area (Å²) < 4.78 is 19.0. The number of aryl methyl sites for hydroxylation is 1. The molecule has 1 aromatic carbocycles. The van der Waals surface area contributed by atoms with Gasteiger partial charge in [-0.05, 0) is 57.0 Å². The summed E-state index contributed by atoms with van der Waals surface area (Å²) >= 11 is 1.45. The number of nitrogens with one attached hydrogen (secondary N) is 1. The van der Waals surface area contributed by atoms with Gasteiger partial charge in [0.15, 0.2) is 5.49 Å². The van der Waals surface area contributed by atoms with Crippen LogP contribution in [-0.2, 0) is 7.05 Å². The quantitative estimate of drug-likeness (QED) is 0.877. The van der Waals surface area contributed by atoms with Gasteiger partial charge in [0.05, 0.1) is 6.20 Å². The fourth-order valence-electron chi connectivity index (χ4n) is 1.62. The Labute approximate surface area is 138 Å². The maximum atomic E-state index is 12.9. The molecule has 2 rings (SSSR count). The molecular weight excluding hydrogens is 315 g/mol. The molecule has 1 amide bonds. The molecule has 0 saturated carbocycles. The van der Waals surface area contributed by atoms with Crippen molar-refractivity contribution in [3.63, 3.8) is 0 Å². The van der Waals surface area contributed by atoms with Gasteiger partial charge in [0.2, 0.25) is 0 Å². The smallest absolute Gasteiger partial charge is 0.275 e. The van der Waals surface area contributed by atoms with Crippen LogP contribution in [0, 0.1) is 5.82 Å². The lowest BCUT2D eigenvalue weighted by molar-refractivity contribution is 0.102. The van der Waals surface area contributed by atoms with E-state index < -0.39 is 0 Å². The molecule has 0 atom stereocenters. The fourth-order valence-corrected chi connectivity index (χ4v) is 2.16. The van der Waals surface area contributed by atoms with Crippen LogP contribution < -0.4 is 10.8 Å². The van der Waals surface area contributed by atoms with Crippen molar-refractivity contribution < 1.29 is 9.18 Å². The van der Waals surface area contributed by atoms with Crippen LogP contribution in [0.1, 0.15) is 31.3 Å². The standard InChI is InChI=1S/C16H19FN4OS/c1-16(2,3)23-20-14-9-18-13(10-21(14)4)15(22)19-12-7-5-11(17)6-8-12/h5-10H,1-4H3,(H,19,22). The Balaban J connectivity index is 2.16. The van der Waals surface area contributed by atoms with Crippen LogP contribution in [0.25, 0.3) is 0 Å². The van der Waals surface area contributed by atoms with Crippen LogP contribution in [0.5, 0.6) is 0 Å². The lowest BCUT2D eigenvalue weighted by atomic mass is 10.3. The summed E-state index contributed by atoms with van der Waals surface area (Å²) in [5, 5.41) is 2.67. The highest BCUT2D eigenvalue weighted by molar-refractivity contribution is 7.99. The van der Waals surface area contributed by atoms with Crippen LogP contribution >= 0.6 is 11.9 Å². The van der Waals surface area contributed by atoms with Gasteiger partial charge in [0, 0.05) is 23.7 Å². The lowest BCUT2D eigenvalue weighted by Gasteiger charge is -2.12. The lowest BCUT2D eigenvalue weighted by Crippen LogP contribution is -2.23. The first kappa shape index (κ1) is 17.2. The Morgan fingerprint density at radius 3 is 2.52 bits per heavy atom. The molecule has 0 aliphatic heterocycles. The topological polar surface area (TPSA) is 59.3 Å². The average Bonchev–Trinajstić information content (AvgIpc) is 2.47. The van der Waals surface area contributed by atoms with E-state index in [1.165, 1.54) is 36.2 Å². The van der Waals surface area contributed by atoms with E-state index >= 15 is 0 Å². The number of carbonyl (C=O) groups excluding carboxylic acids is 1. The van der Waals surface area contributed by atoms with E-state index in [0.717, 1.165) is 0 Å². The average molecular weight is 334 g/mol. The first-order chi connectivity index (χ1) is 10.7. The monoisotopic (exact) mass is 334 g/mol. The molecule has 23 heavy (non-hydrogen) atoms. The molecule has 0 radical (unpaired) electrons. The number of nitrogens with zero attached hydrogens (tertiary/aromatic N) is 3. The number of rotatable bonds is 3. The van der Waals surface area contributed by atoms with Crippen LogP contribution in [-0.4, -0.2) is 20.2 Å². The van der Waals surface area contributed by atoms with E-state index in [0.29, 0.717) is 11.2 Å². The minimum atomic E-state index is -0.359. The molecule has 0 bridgehead atoms. The van der Waals surface area contributed by atoms with Gasteiger partial charge in [-0.3, -0.25) is 4.79 Å². The van der Waals surface area contributed by atoms with E-state index in [1.807, 2.05) is 0 Å². The first-order valence-corrected chi connectivity index (χ1v) is 7.84. The zero-order valence-corrected chi connectivity index (χ0v) is 14.3. The molecule has 1 N–H and O–H groups in total. The van der Waals surface area contributed by atoms with Crippen LogP contribution in [0.15, 0.2) is 41.1 Å². The second-order valence-corrected chi connectivity index (χ2v) is 7.59. The third-order valence-corrected chi connectivity index (χ3v) is 3.57. The summed E-state index contributed by atoms with van der Waals surface area (Å²) in [7, 11) is 1.80. The molecule has 0 fully saturated rings. The van der Waals surface area contributed by atoms with Crippen molar-refractivity contribution in [2.45, 2.75) is 25.5 Å². The van der Waals surface area contributed by atoms with Gasteiger partial charge in [-0.2, -0.15) is 4.40 Å². The van der Waals surface area contributed by atoms with Gasteiger partial charge in [0.1, 0.15) is 11.5 Å². The van der Waals surface area contributed by atoms with Gasteiger partial charge in [0.25, 0.3) is 5.91 Å². The van der Waals surface area contributed by atoms with Crippen LogP contribution in [0.2, 0.25) is 0 Å². The van der Waals surface area contributed by atoms with Gasteiger partial charge in [-0.1, -0.05) is 0 Å². The molecule has 0 saturated heterocycles. The van der Waals surface area contributed by atoms with Crippen molar-refractivity contribution in [1.82, 2.24) is 9.55 Å². The normalized spacial score (nSPS) is 12.3. The van der Waals surface area contributed by atoms with E-state index in [2.05, 4.69) is 35.5 Å². The SMILES string of the molecule is Cn1cc(C(=O)Nc2ccc(F)cc2)ncc1=NSC(C)(C)C. The second-order valence-electron chi connectivity index (χ2n) is 6.00. The van der Waals surface area contributed by atoms with E-state index in [1.54, 1.807) is 24.0 Å². The molecule has 5 nitrogen and oxygen atoms in total. The highest BCUT2D eigenvalue weighted by Gasteiger charge is 2.11. The maximum absolute atomic E-state index is 12.9. The summed E-state index contributed by atoms with van der Waals surface area (Å²) in [6.07, 6.45) is 3.17. The molecule has 2 aromatic rings.